The molecule has 1 amide bonds. The van der Waals surface area contributed by atoms with E-state index in [9.17, 15) is 4.79 Å². The first-order valence-corrected chi connectivity index (χ1v) is 4.67. The fourth-order valence-corrected chi connectivity index (χ4v) is 1.68. The number of aromatic nitrogens is 3. The number of nitrogens with two attached hydrogens (primary N) is 1. The Morgan fingerprint density at radius 3 is 2.86 bits per heavy atom. The van der Waals surface area contributed by atoms with Gasteiger partial charge in [-0.05, 0) is 0 Å². The van der Waals surface area contributed by atoms with E-state index in [-0.39, 0.29) is 5.69 Å². The van der Waals surface area contributed by atoms with E-state index in [0.29, 0.717) is 10.7 Å². The molecule has 0 fully saturated rings. The summed E-state index contributed by atoms with van der Waals surface area (Å²) in [4.78, 5) is 22.8. The maximum absolute atomic E-state index is 10.8. The van der Waals surface area contributed by atoms with Gasteiger partial charge in [-0.3, -0.25) is 14.8 Å². The van der Waals surface area contributed by atoms with Crippen LogP contribution in [0.25, 0.3) is 10.7 Å². The molecule has 0 bridgehead atoms. The van der Waals surface area contributed by atoms with E-state index >= 15 is 0 Å². The molecular weight excluding hydrogens is 200 g/mol. The minimum absolute atomic E-state index is 0.260. The molecule has 0 unspecified atom stereocenters. The van der Waals surface area contributed by atoms with Crippen LogP contribution in [0.1, 0.15) is 10.5 Å². The first kappa shape index (κ1) is 8.76. The number of rotatable bonds is 2. The Labute approximate surface area is 83.7 Å². The average molecular weight is 206 g/mol. The third kappa shape index (κ3) is 1.60. The first-order chi connectivity index (χ1) is 6.77. The van der Waals surface area contributed by atoms with E-state index in [1.807, 2.05) is 0 Å². The second-order valence-electron chi connectivity index (χ2n) is 2.49. The zero-order valence-electron chi connectivity index (χ0n) is 7.04. The van der Waals surface area contributed by atoms with Crippen LogP contribution in [0.3, 0.4) is 0 Å². The lowest BCUT2D eigenvalue weighted by Crippen LogP contribution is -2.10. The van der Waals surface area contributed by atoms with Crippen molar-refractivity contribution in [3.63, 3.8) is 0 Å². The highest BCUT2D eigenvalue weighted by atomic mass is 32.1. The smallest absolute Gasteiger partial charge is 0.268 e. The van der Waals surface area contributed by atoms with Crippen LogP contribution in [0.15, 0.2) is 24.0 Å². The number of carbonyl (C=O) groups excluding carboxylic acids is 1. The monoisotopic (exact) mass is 206 g/mol. The minimum atomic E-state index is -0.531. The molecule has 0 atom stereocenters. The molecule has 0 aliphatic rings. The van der Waals surface area contributed by atoms with Gasteiger partial charge in [0.2, 0.25) is 0 Å². The topological polar surface area (TPSA) is 81.8 Å². The van der Waals surface area contributed by atoms with Gasteiger partial charge in [0.25, 0.3) is 5.91 Å². The van der Waals surface area contributed by atoms with Crippen LogP contribution in [0.4, 0.5) is 0 Å². The molecule has 70 valence electrons. The van der Waals surface area contributed by atoms with Gasteiger partial charge in [0.1, 0.15) is 16.4 Å². The Morgan fingerprint density at radius 2 is 2.29 bits per heavy atom. The molecule has 0 aromatic carbocycles. The number of nitrogens with zero attached hydrogens (tertiary/aromatic N) is 3. The zero-order chi connectivity index (χ0) is 9.97. The van der Waals surface area contributed by atoms with Gasteiger partial charge in [-0.15, -0.1) is 11.3 Å². The molecule has 0 saturated carbocycles. The largest absolute Gasteiger partial charge is 0.364 e. The fraction of sp³-hybridized carbons (Fsp3) is 0. The van der Waals surface area contributed by atoms with Crippen molar-refractivity contribution in [2.75, 3.05) is 0 Å². The highest BCUT2D eigenvalue weighted by Crippen LogP contribution is 2.20. The molecule has 2 rings (SSSR count). The molecule has 0 aliphatic heterocycles. The fourth-order valence-electron chi connectivity index (χ4n) is 0.914. The summed E-state index contributed by atoms with van der Waals surface area (Å²) in [5.74, 6) is -0.531. The van der Waals surface area contributed by atoms with Gasteiger partial charge >= 0.3 is 0 Å². The number of thiazole rings is 1. The predicted molar refractivity (Wildman–Crippen MR) is 51.7 cm³/mol. The maximum Gasteiger partial charge on any atom is 0.268 e. The highest BCUT2D eigenvalue weighted by molar-refractivity contribution is 7.13. The lowest BCUT2D eigenvalue weighted by Gasteiger charge is -1.91. The van der Waals surface area contributed by atoms with E-state index in [1.165, 1.54) is 11.3 Å². The van der Waals surface area contributed by atoms with Gasteiger partial charge in [0.05, 0.1) is 6.20 Å². The van der Waals surface area contributed by atoms with Gasteiger partial charge in [0.15, 0.2) is 0 Å². The summed E-state index contributed by atoms with van der Waals surface area (Å²) in [6.45, 7) is 0. The standard InChI is InChI=1S/C8H6N4OS/c9-7(13)6-4-14-8(12-6)5-3-10-1-2-11-5/h1-4H,(H2,9,13). The van der Waals surface area contributed by atoms with Crippen molar-refractivity contribution in [2.45, 2.75) is 0 Å². The second kappa shape index (κ2) is 3.51. The number of hydrogen-bond acceptors (Lipinski definition) is 5. The van der Waals surface area contributed by atoms with Crippen molar-refractivity contribution in [3.8, 4) is 10.7 Å². The molecule has 6 heteroatoms. The SMILES string of the molecule is NC(=O)c1csc(-c2cnccn2)n1. The summed E-state index contributed by atoms with van der Waals surface area (Å²) in [5.41, 5.74) is 5.98. The third-order valence-electron chi connectivity index (χ3n) is 1.54. The van der Waals surface area contributed by atoms with Crippen LogP contribution in [0, 0.1) is 0 Å². The maximum atomic E-state index is 10.8. The summed E-state index contributed by atoms with van der Waals surface area (Å²) in [6, 6.07) is 0. The molecule has 2 aromatic rings. The van der Waals surface area contributed by atoms with E-state index in [2.05, 4.69) is 15.0 Å². The van der Waals surface area contributed by atoms with Gasteiger partial charge in [-0.1, -0.05) is 0 Å². The Bertz CT molecular complexity index is 453. The van der Waals surface area contributed by atoms with Crippen molar-refractivity contribution < 1.29 is 4.79 Å². The Hall–Kier alpha value is -1.82. The molecule has 0 spiro atoms. The second-order valence-corrected chi connectivity index (χ2v) is 3.35. The van der Waals surface area contributed by atoms with Crippen molar-refractivity contribution in [1.29, 1.82) is 0 Å². The molecule has 0 saturated heterocycles. The van der Waals surface area contributed by atoms with Crippen LogP contribution in [-0.2, 0) is 0 Å². The Balaban J connectivity index is 2.39. The third-order valence-corrected chi connectivity index (χ3v) is 2.40. The van der Waals surface area contributed by atoms with E-state index in [0.717, 1.165) is 0 Å². The number of hydrogen-bond donors (Lipinski definition) is 1. The Kier molecular flexibility index (Phi) is 2.19. The zero-order valence-corrected chi connectivity index (χ0v) is 7.86. The Morgan fingerprint density at radius 1 is 1.43 bits per heavy atom. The van der Waals surface area contributed by atoms with E-state index in [4.69, 9.17) is 5.73 Å². The lowest BCUT2D eigenvalue weighted by molar-refractivity contribution is 0.0996. The van der Waals surface area contributed by atoms with Crippen LogP contribution in [0.5, 0.6) is 0 Å². The molecule has 2 N–H and O–H groups in total. The van der Waals surface area contributed by atoms with Crippen molar-refractivity contribution in [3.05, 3.63) is 29.7 Å². The summed E-state index contributed by atoms with van der Waals surface area (Å²) in [5, 5.41) is 2.25. The molecule has 5 nitrogen and oxygen atoms in total. The number of carbonyl (C=O) groups is 1. The van der Waals surface area contributed by atoms with Gasteiger partial charge in [-0.2, -0.15) is 0 Å². The van der Waals surface area contributed by atoms with E-state index in [1.54, 1.807) is 24.0 Å². The van der Waals surface area contributed by atoms with Crippen molar-refractivity contribution >= 4 is 17.2 Å². The van der Waals surface area contributed by atoms with E-state index < -0.39 is 5.91 Å². The van der Waals surface area contributed by atoms with Crippen LogP contribution in [0.2, 0.25) is 0 Å². The molecule has 2 aromatic heterocycles. The number of amides is 1. The van der Waals surface area contributed by atoms with Gasteiger partial charge < -0.3 is 5.73 Å². The first-order valence-electron chi connectivity index (χ1n) is 3.79. The summed E-state index contributed by atoms with van der Waals surface area (Å²) in [7, 11) is 0. The molecule has 2 heterocycles. The van der Waals surface area contributed by atoms with Crippen LogP contribution >= 0.6 is 11.3 Å². The highest BCUT2D eigenvalue weighted by Gasteiger charge is 2.08. The summed E-state index contributed by atoms with van der Waals surface area (Å²) in [6.07, 6.45) is 4.73. The van der Waals surface area contributed by atoms with Gasteiger partial charge in [0, 0.05) is 17.8 Å². The van der Waals surface area contributed by atoms with Crippen molar-refractivity contribution in [2.24, 2.45) is 5.73 Å². The quantitative estimate of drug-likeness (QED) is 0.784. The summed E-state index contributed by atoms with van der Waals surface area (Å²) < 4.78 is 0. The van der Waals surface area contributed by atoms with Crippen LogP contribution in [-0.4, -0.2) is 20.9 Å². The average Bonchev–Trinajstić information content (AvgIpc) is 2.68. The summed E-state index contributed by atoms with van der Waals surface area (Å²) >= 11 is 1.32. The number of primary amides is 1. The van der Waals surface area contributed by atoms with Crippen LogP contribution < -0.4 is 5.73 Å². The van der Waals surface area contributed by atoms with Gasteiger partial charge in [-0.25, -0.2) is 4.98 Å². The minimum Gasteiger partial charge on any atom is -0.364 e. The lowest BCUT2D eigenvalue weighted by atomic mass is 10.4. The normalized spacial score (nSPS) is 10.0. The molecular formula is C8H6N4OS. The molecule has 0 aliphatic carbocycles. The molecule has 0 radical (unpaired) electrons. The molecule has 14 heavy (non-hydrogen) atoms. The van der Waals surface area contributed by atoms with Crippen molar-refractivity contribution in [1.82, 2.24) is 15.0 Å². The predicted octanol–water partition coefficient (Wildman–Crippen LogP) is 0.699.